The number of phosphoric ester groups is 2. The van der Waals surface area contributed by atoms with Crippen LogP contribution in [0.1, 0.15) is 168 Å². The van der Waals surface area contributed by atoms with Crippen molar-refractivity contribution >= 4 is 33.4 Å². The van der Waals surface area contributed by atoms with Gasteiger partial charge in [-0.15, -0.1) is 0 Å². The zero-order valence-corrected chi connectivity index (χ0v) is 44.8. The number of unbranched alkanes of at least 4 members (excludes halogenated alkanes) is 13. The first kappa shape index (κ1) is 65.3. The summed E-state index contributed by atoms with van der Waals surface area (Å²) in [7, 11) is -10.9. The van der Waals surface area contributed by atoms with Crippen molar-refractivity contribution in [2.45, 2.75) is 198 Å². The van der Waals surface area contributed by atoms with E-state index in [4.69, 9.17) is 29.0 Å². The third-order valence-corrected chi connectivity index (χ3v) is 14.0. The Morgan fingerprint density at radius 1 is 0.726 bits per heavy atom. The highest BCUT2D eigenvalue weighted by atomic mass is 31.3. The Balaban J connectivity index is 1.83. The fraction of sp³-hybridized carbons (Fsp3) is 0.654. The summed E-state index contributed by atoms with van der Waals surface area (Å²) in [6.45, 7) is 1.94. The Morgan fingerprint density at radius 3 is 1.95 bits per heavy atom. The van der Waals surface area contributed by atoms with Gasteiger partial charge in [-0.05, 0) is 76.7 Å². The van der Waals surface area contributed by atoms with Gasteiger partial charge in [0.2, 0.25) is 0 Å². The Kier molecular flexibility index (Phi) is 35.4. The summed E-state index contributed by atoms with van der Waals surface area (Å²) in [5.41, 5.74) is 4.58. The average Bonchev–Trinajstić information content (AvgIpc) is 3.62. The lowest BCUT2D eigenvalue weighted by molar-refractivity contribution is -0.161. The standard InChI is InChI=1S/C52H85N3O16P2/c1-3-5-7-8-9-10-11-12-13-14-15-16-19-22-25-28-32-36-47(57)66-40-44(69-48(58)37-33-29-26-23-20-17-18-21-24-27-31-35-43(56)34-30-6-4-2)41-67-72(62,63)71-73(64,65)68-42-45-49(59)50(60)51(70-45)55-39-38-46(53)54-52(55)61/h9-10,12-13,17-18,23-24,26-27,31,35,38-39,43-45,49-51,56,59-60H,3-8,11,14-16,19-22,25,28-30,32-34,36-37,40-42H2,1-2H3,(H,62,63)(H,64,65)(H2,53,54,61)/b10-9-,13-12-,18-17-,26-23-,27-24-,35-31+/t43-,44+,45+,49+,50+,51+/m0/s1. The predicted octanol–water partition coefficient (Wildman–Crippen LogP) is 9.86. The molecule has 1 aromatic heterocycles. The first-order chi connectivity index (χ1) is 35.1. The van der Waals surface area contributed by atoms with Crippen LogP contribution in [0.3, 0.4) is 0 Å². The van der Waals surface area contributed by atoms with Crippen LogP contribution in [0.15, 0.2) is 90.0 Å². The Bertz CT molecular complexity index is 2020. The quantitative estimate of drug-likeness (QED) is 0.0117. The highest BCUT2D eigenvalue weighted by Gasteiger charge is 2.46. The summed E-state index contributed by atoms with van der Waals surface area (Å²) in [4.78, 5) is 61.9. The largest absolute Gasteiger partial charge is 0.481 e. The molecular formula is C52H85N3O16P2. The van der Waals surface area contributed by atoms with Crippen molar-refractivity contribution in [1.29, 1.82) is 0 Å². The van der Waals surface area contributed by atoms with Gasteiger partial charge in [0.25, 0.3) is 0 Å². The van der Waals surface area contributed by atoms with E-state index in [1.807, 2.05) is 42.5 Å². The maximum absolute atomic E-state index is 12.9. The fourth-order valence-electron chi connectivity index (χ4n) is 7.27. The van der Waals surface area contributed by atoms with E-state index < -0.39 is 89.8 Å². The van der Waals surface area contributed by atoms with E-state index in [-0.39, 0.29) is 18.7 Å². The van der Waals surface area contributed by atoms with Crippen LogP contribution in [-0.2, 0) is 46.3 Å². The summed E-state index contributed by atoms with van der Waals surface area (Å²) in [6.07, 6.45) is 37.3. The molecule has 1 aliphatic rings. The van der Waals surface area contributed by atoms with Gasteiger partial charge in [-0.1, -0.05) is 151 Å². The number of nitrogens with two attached hydrogens (primary N) is 1. The summed E-state index contributed by atoms with van der Waals surface area (Å²) < 4.78 is 56.7. The minimum Gasteiger partial charge on any atom is -0.462 e. The minimum absolute atomic E-state index is 0.0507. The smallest absolute Gasteiger partial charge is 0.462 e. The number of phosphoric acid groups is 2. The predicted molar refractivity (Wildman–Crippen MR) is 281 cm³/mol. The van der Waals surface area contributed by atoms with Crippen LogP contribution in [0.5, 0.6) is 0 Å². The van der Waals surface area contributed by atoms with E-state index in [9.17, 15) is 48.6 Å². The summed E-state index contributed by atoms with van der Waals surface area (Å²) >= 11 is 0. The third kappa shape index (κ3) is 32.3. The molecule has 0 bridgehead atoms. The number of hydrogen-bond acceptors (Lipinski definition) is 16. The van der Waals surface area contributed by atoms with Crippen molar-refractivity contribution in [2.75, 3.05) is 25.6 Å². The molecule has 1 saturated heterocycles. The zero-order valence-electron chi connectivity index (χ0n) is 43.0. The number of esters is 2. The molecule has 0 spiro atoms. The molecule has 0 radical (unpaired) electrons. The van der Waals surface area contributed by atoms with Crippen LogP contribution in [0, 0.1) is 0 Å². The Labute approximate surface area is 432 Å². The molecule has 1 aliphatic heterocycles. The summed E-state index contributed by atoms with van der Waals surface area (Å²) in [5, 5.41) is 30.9. The molecule has 21 heteroatoms. The van der Waals surface area contributed by atoms with Crippen molar-refractivity contribution < 1.29 is 71.4 Å². The molecule has 73 heavy (non-hydrogen) atoms. The molecule has 0 saturated carbocycles. The van der Waals surface area contributed by atoms with Gasteiger partial charge in [0.05, 0.1) is 19.3 Å². The second kappa shape index (κ2) is 39.6. The topological polar surface area (TPSA) is 286 Å². The van der Waals surface area contributed by atoms with Gasteiger partial charge in [0.15, 0.2) is 12.3 Å². The number of anilines is 1. The van der Waals surface area contributed by atoms with Gasteiger partial charge in [0.1, 0.15) is 30.7 Å². The van der Waals surface area contributed by atoms with E-state index in [2.05, 4.69) is 47.4 Å². The summed E-state index contributed by atoms with van der Waals surface area (Å²) in [6, 6.07) is 1.24. The van der Waals surface area contributed by atoms with E-state index in [0.717, 1.165) is 101 Å². The number of aliphatic hydroxyl groups excluding tert-OH is 3. The summed E-state index contributed by atoms with van der Waals surface area (Å²) in [5.74, 6) is -1.41. The van der Waals surface area contributed by atoms with E-state index in [1.165, 1.54) is 25.3 Å². The van der Waals surface area contributed by atoms with Crippen molar-refractivity contribution in [1.82, 2.24) is 9.55 Å². The second-order valence-corrected chi connectivity index (χ2v) is 20.9. The lowest BCUT2D eigenvalue weighted by atomic mass is 10.1. The van der Waals surface area contributed by atoms with Crippen LogP contribution in [0.25, 0.3) is 0 Å². The zero-order chi connectivity index (χ0) is 53.6. The van der Waals surface area contributed by atoms with Gasteiger partial charge in [0, 0.05) is 19.0 Å². The number of hydrogen-bond donors (Lipinski definition) is 6. The molecule has 2 heterocycles. The van der Waals surface area contributed by atoms with Crippen LogP contribution >= 0.6 is 15.6 Å². The molecule has 8 atom stereocenters. The van der Waals surface area contributed by atoms with Crippen LogP contribution in [-0.4, -0.2) is 96.9 Å². The Hall–Kier alpha value is -3.84. The van der Waals surface area contributed by atoms with Gasteiger partial charge < -0.3 is 45.1 Å². The molecule has 414 valence electrons. The molecular weight excluding hydrogens is 985 g/mol. The van der Waals surface area contributed by atoms with Crippen molar-refractivity contribution in [3.8, 4) is 0 Å². The lowest BCUT2D eigenvalue weighted by Crippen LogP contribution is -2.36. The molecule has 1 fully saturated rings. The van der Waals surface area contributed by atoms with Gasteiger partial charge in [-0.2, -0.15) is 9.29 Å². The van der Waals surface area contributed by atoms with Crippen molar-refractivity contribution in [3.63, 3.8) is 0 Å². The first-order valence-corrected chi connectivity index (χ1v) is 29.0. The molecule has 1 aromatic rings. The van der Waals surface area contributed by atoms with E-state index in [1.54, 1.807) is 6.08 Å². The lowest BCUT2D eigenvalue weighted by Gasteiger charge is -2.21. The number of aliphatic hydroxyl groups is 3. The number of rotatable bonds is 42. The van der Waals surface area contributed by atoms with Crippen LogP contribution in [0.4, 0.5) is 5.82 Å². The maximum Gasteiger partial charge on any atom is 0.481 e. The van der Waals surface area contributed by atoms with E-state index >= 15 is 0 Å². The van der Waals surface area contributed by atoms with Crippen LogP contribution < -0.4 is 11.4 Å². The molecule has 0 amide bonds. The van der Waals surface area contributed by atoms with Crippen LogP contribution in [0.2, 0.25) is 0 Å². The second-order valence-electron chi connectivity index (χ2n) is 17.9. The number of nitrogen functional groups attached to an aromatic ring is 1. The van der Waals surface area contributed by atoms with Crippen molar-refractivity contribution in [2.24, 2.45) is 0 Å². The monoisotopic (exact) mass is 1070 g/mol. The Morgan fingerprint density at radius 2 is 1.29 bits per heavy atom. The third-order valence-electron chi connectivity index (χ3n) is 11.4. The number of ether oxygens (including phenoxy) is 3. The van der Waals surface area contributed by atoms with Crippen molar-refractivity contribution in [3.05, 3.63) is 95.7 Å². The first-order valence-electron chi connectivity index (χ1n) is 26.1. The molecule has 7 N–H and O–H groups in total. The molecule has 0 aliphatic carbocycles. The van der Waals surface area contributed by atoms with Gasteiger partial charge in [-0.25, -0.2) is 13.9 Å². The van der Waals surface area contributed by atoms with Gasteiger partial charge >= 0.3 is 33.3 Å². The average molecular weight is 1070 g/mol. The van der Waals surface area contributed by atoms with Gasteiger partial charge in [-0.3, -0.25) is 23.2 Å². The normalized spacial score (nSPS) is 20.0. The SMILES string of the molecule is CCCCC/C=C\C/C=C\CCCCCCCCCC(=O)OC[C@H](COP(=O)(O)OP(=O)(O)OC[C@H]1O[C@@H](n2ccc(N)nc2=O)[C@H](O)[C@@H]1O)OC(=O)CCC/C=C\C/C=C\C/C=C\C=C\[C@@H](O)CCCCC. The molecule has 0 aromatic carbocycles. The highest BCUT2D eigenvalue weighted by molar-refractivity contribution is 7.61. The minimum atomic E-state index is -5.45. The number of carbonyl (C=O) groups is 2. The maximum atomic E-state index is 12.9. The molecule has 2 unspecified atom stereocenters. The van der Waals surface area contributed by atoms with E-state index in [0.29, 0.717) is 25.7 Å². The molecule has 2 rings (SSSR count). The number of allylic oxidation sites excluding steroid dienone is 11. The fourth-order valence-corrected chi connectivity index (χ4v) is 9.38. The number of nitrogens with zero attached hydrogens (tertiary/aromatic N) is 2. The number of carbonyl (C=O) groups excluding carboxylic acids is 2. The molecule has 19 nitrogen and oxygen atoms in total. The number of aromatic nitrogens is 2. The highest BCUT2D eigenvalue weighted by Crippen LogP contribution is 2.60.